The van der Waals surface area contributed by atoms with Gasteiger partial charge in [0.15, 0.2) is 0 Å². The molecular weight excluding hydrogens is 272 g/mol. The lowest BCUT2D eigenvalue weighted by atomic mass is 9.76. The molecule has 0 amide bonds. The number of hydrogen-bond acceptors (Lipinski definition) is 3. The summed E-state index contributed by atoms with van der Waals surface area (Å²) in [5.74, 6) is 1.02. The minimum absolute atomic E-state index is 0.0853. The predicted molar refractivity (Wildman–Crippen MR) is 91.2 cm³/mol. The molecule has 0 heterocycles. The Balaban J connectivity index is 1.68. The Labute approximate surface area is 133 Å². The van der Waals surface area contributed by atoms with Gasteiger partial charge in [0, 0.05) is 24.0 Å². The molecule has 0 bridgehead atoms. The van der Waals surface area contributed by atoms with Crippen LogP contribution in [0, 0.1) is 17.8 Å². The minimum Gasteiger partial charge on any atom is -0.393 e. The van der Waals surface area contributed by atoms with Crippen LogP contribution in [-0.4, -0.2) is 29.3 Å². The van der Waals surface area contributed by atoms with Crippen LogP contribution in [0.15, 0.2) is 48.1 Å². The van der Waals surface area contributed by atoms with Crippen LogP contribution in [0.5, 0.6) is 0 Å². The van der Waals surface area contributed by atoms with Crippen LogP contribution in [0.4, 0.5) is 0 Å². The highest BCUT2D eigenvalue weighted by atomic mass is 16.3. The van der Waals surface area contributed by atoms with Crippen LogP contribution in [0.3, 0.4) is 0 Å². The molecule has 0 radical (unpaired) electrons. The highest BCUT2D eigenvalue weighted by Crippen LogP contribution is 2.32. The SMILES string of the molecule is CC1C=CC(C(C)NC2CC=CC3=CC=CC(N)C32)CC1O. The number of allylic oxidation sites excluding steroid dienone is 3. The lowest BCUT2D eigenvalue weighted by Crippen LogP contribution is -2.51. The molecule has 0 saturated heterocycles. The van der Waals surface area contributed by atoms with Gasteiger partial charge in [0.1, 0.15) is 0 Å². The van der Waals surface area contributed by atoms with Gasteiger partial charge in [0.05, 0.1) is 6.10 Å². The zero-order chi connectivity index (χ0) is 15.7. The second-order valence-corrected chi connectivity index (χ2v) is 7.07. The van der Waals surface area contributed by atoms with E-state index < -0.39 is 0 Å². The molecule has 22 heavy (non-hydrogen) atoms. The van der Waals surface area contributed by atoms with Gasteiger partial charge in [-0.25, -0.2) is 0 Å². The van der Waals surface area contributed by atoms with E-state index >= 15 is 0 Å². The summed E-state index contributed by atoms with van der Waals surface area (Å²) in [7, 11) is 0. The van der Waals surface area contributed by atoms with Crippen molar-refractivity contribution >= 4 is 0 Å². The van der Waals surface area contributed by atoms with Gasteiger partial charge < -0.3 is 16.2 Å². The summed E-state index contributed by atoms with van der Waals surface area (Å²) in [4.78, 5) is 0. The average Bonchev–Trinajstić information content (AvgIpc) is 2.50. The summed E-state index contributed by atoms with van der Waals surface area (Å²) in [6.07, 6.45) is 16.8. The first-order valence-corrected chi connectivity index (χ1v) is 8.49. The highest BCUT2D eigenvalue weighted by molar-refractivity contribution is 5.37. The molecule has 0 aromatic heterocycles. The number of aliphatic hydroxyl groups is 1. The van der Waals surface area contributed by atoms with E-state index in [1.165, 1.54) is 5.57 Å². The number of aliphatic hydroxyl groups excluding tert-OH is 1. The molecule has 3 rings (SSSR count). The molecule has 4 N–H and O–H groups in total. The van der Waals surface area contributed by atoms with Crippen molar-refractivity contribution in [2.24, 2.45) is 23.5 Å². The zero-order valence-corrected chi connectivity index (χ0v) is 13.5. The Hall–Kier alpha value is -1.16. The van der Waals surface area contributed by atoms with Crippen LogP contribution in [0.25, 0.3) is 0 Å². The van der Waals surface area contributed by atoms with Crippen LogP contribution < -0.4 is 11.1 Å². The summed E-state index contributed by atoms with van der Waals surface area (Å²) in [5, 5.41) is 13.9. The van der Waals surface area contributed by atoms with Gasteiger partial charge in [0.2, 0.25) is 0 Å². The van der Waals surface area contributed by atoms with E-state index in [4.69, 9.17) is 5.73 Å². The van der Waals surface area contributed by atoms with Gasteiger partial charge in [-0.3, -0.25) is 0 Å². The molecule has 0 aromatic rings. The maximum absolute atomic E-state index is 10.1. The van der Waals surface area contributed by atoms with Gasteiger partial charge in [-0.2, -0.15) is 0 Å². The topological polar surface area (TPSA) is 58.3 Å². The molecule has 0 spiro atoms. The monoisotopic (exact) mass is 300 g/mol. The molecule has 7 atom stereocenters. The second-order valence-electron chi connectivity index (χ2n) is 7.07. The first-order chi connectivity index (χ1) is 10.6. The fourth-order valence-electron chi connectivity index (χ4n) is 3.93. The fourth-order valence-corrected chi connectivity index (χ4v) is 3.93. The molecule has 3 nitrogen and oxygen atoms in total. The van der Waals surface area contributed by atoms with Crippen LogP contribution >= 0.6 is 0 Å². The lowest BCUT2D eigenvalue weighted by Gasteiger charge is -2.39. The minimum atomic E-state index is -0.221. The van der Waals surface area contributed by atoms with Gasteiger partial charge >= 0.3 is 0 Å². The molecule has 7 unspecified atom stereocenters. The predicted octanol–water partition coefficient (Wildman–Crippen LogP) is 2.31. The Morgan fingerprint density at radius 1 is 1.32 bits per heavy atom. The summed E-state index contributed by atoms with van der Waals surface area (Å²) in [6.45, 7) is 4.30. The summed E-state index contributed by atoms with van der Waals surface area (Å²) < 4.78 is 0. The molecular formula is C19H28N2O. The molecule has 3 aliphatic carbocycles. The molecule has 3 aliphatic rings. The van der Waals surface area contributed by atoms with Crippen molar-refractivity contribution in [2.75, 3.05) is 0 Å². The van der Waals surface area contributed by atoms with Gasteiger partial charge in [-0.15, -0.1) is 0 Å². The Bertz CT molecular complexity index is 520. The quantitative estimate of drug-likeness (QED) is 0.701. The van der Waals surface area contributed by atoms with Crippen LogP contribution in [0.2, 0.25) is 0 Å². The third-order valence-corrected chi connectivity index (χ3v) is 5.46. The van der Waals surface area contributed by atoms with Crippen molar-refractivity contribution in [2.45, 2.75) is 50.9 Å². The summed E-state index contributed by atoms with van der Waals surface area (Å²) >= 11 is 0. The third kappa shape index (κ3) is 3.12. The van der Waals surface area contributed by atoms with E-state index in [0.29, 0.717) is 23.9 Å². The number of rotatable bonds is 3. The second kappa shape index (κ2) is 6.53. The van der Waals surface area contributed by atoms with Crippen molar-refractivity contribution in [3.8, 4) is 0 Å². The average molecular weight is 300 g/mol. The van der Waals surface area contributed by atoms with Gasteiger partial charge in [-0.05, 0) is 37.2 Å². The molecule has 0 aliphatic heterocycles. The van der Waals surface area contributed by atoms with E-state index in [2.05, 4.69) is 61.7 Å². The van der Waals surface area contributed by atoms with Crippen molar-refractivity contribution in [1.29, 1.82) is 0 Å². The first kappa shape index (κ1) is 15.7. The van der Waals surface area contributed by atoms with E-state index in [0.717, 1.165) is 12.8 Å². The Morgan fingerprint density at radius 2 is 2.14 bits per heavy atom. The standard InChI is InChI=1S/C19H28N2O/c1-12-9-10-15(11-18(12)22)13(2)21-17-8-4-6-14-5-3-7-16(20)19(14)17/h3-7,9-10,12-13,15-19,21-22H,8,11,20H2,1-2H3. The Morgan fingerprint density at radius 3 is 2.91 bits per heavy atom. The first-order valence-electron chi connectivity index (χ1n) is 8.49. The maximum Gasteiger partial charge on any atom is 0.0606 e. The summed E-state index contributed by atoms with van der Waals surface area (Å²) in [5.41, 5.74) is 7.65. The van der Waals surface area contributed by atoms with Crippen LogP contribution in [0.1, 0.15) is 26.7 Å². The largest absolute Gasteiger partial charge is 0.393 e. The third-order valence-electron chi connectivity index (χ3n) is 5.46. The van der Waals surface area contributed by atoms with Gasteiger partial charge in [-0.1, -0.05) is 49.5 Å². The van der Waals surface area contributed by atoms with Crippen molar-refractivity contribution in [3.05, 3.63) is 48.1 Å². The van der Waals surface area contributed by atoms with E-state index in [1.54, 1.807) is 0 Å². The number of hydrogen-bond donors (Lipinski definition) is 3. The highest BCUT2D eigenvalue weighted by Gasteiger charge is 2.34. The van der Waals surface area contributed by atoms with Crippen molar-refractivity contribution in [1.82, 2.24) is 5.32 Å². The summed E-state index contributed by atoms with van der Waals surface area (Å²) in [6, 6.07) is 0.799. The molecule has 3 heteroatoms. The number of nitrogens with one attached hydrogen (secondary N) is 1. The molecule has 0 aromatic carbocycles. The fraction of sp³-hybridized carbons (Fsp3) is 0.579. The smallest absolute Gasteiger partial charge is 0.0606 e. The van der Waals surface area contributed by atoms with E-state index in [1.807, 2.05) is 0 Å². The molecule has 0 saturated carbocycles. The van der Waals surface area contributed by atoms with Crippen molar-refractivity contribution in [3.63, 3.8) is 0 Å². The van der Waals surface area contributed by atoms with Crippen LogP contribution in [-0.2, 0) is 0 Å². The number of fused-ring (bicyclic) bond motifs is 1. The number of nitrogens with two attached hydrogens (primary N) is 1. The van der Waals surface area contributed by atoms with Gasteiger partial charge in [0.25, 0.3) is 0 Å². The molecule has 120 valence electrons. The Kier molecular flexibility index (Phi) is 4.67. The van der Waals surface area contributed by atoms with E-state index in [-0.39, 0.29) is 18.1 Å². The normalized spacial score (nSPS) is 41.9. The molecule has 0 fully saturated rings. The maximum atomic E-state index is 10.1. The zero-order valence-electron chi connectivity index (χ0n) is 13.5. The van der Waals surface area contributed by atoms with Crippen molar-refractivity contribution < 1.29 is 5.11 Å². The van der Waals surface area contributed by atoms with E-state index in [9.17, 15) is 5.11 Å². The lowest BCUT2D eigenvalue weighted by molar-refractivity contribution is 0.0989.